The lowest BCUT2D eigenvalue weighted by Crippen LogP contribution is -2.00. The maximum absolute atomic E-state index is 4.78. The van der Waals surface area contributed by atoms with E-state index in [0.29, 0.717) is 17.6 Å². The predicted octanol–water partition coefficient (Wildman–Crippen LogP) is 5.23. The van der Waals surface area contributed by atoms with E-state index < -0.39 is 0 Å². The Morgan fingerprint density at radius 1 is 0.939 bits per heavy atom. The van der Waals surface area contributed by atoms with Gasteiger partial charge in [-0.05, 0) is 54.8 Å². The first kappa shape index (κ1) is 20.7. The molecule has 0 aliphatic heterocycles. The molecule has 164 valence electrons. The Labute approximate surface area is 191 Å². The minimum Gasteiger partial charge on any atom is -0.323 e. The monoisotopic (exact) mass is 436 g/mol. The average molecular weight is 437 g/mol. The van der Waals surface area contributed by atoms with Crippen LogP contribution in [-0.4, -0.2) is 34.9 Å². The third kappa shape index (κ3) is 4.27. The molecular formula is C25H24N8. The van der Waals surface area contributed by atoms with Crippen molar-refractivity contribution in [3.63, 3.8) is 0 Å². The predicted molar refractivity (Wildman–Crippen MR) is 129 cm³/mol. The van der Waals surface area contributed by atoms with Crippen LogP contribution in [0.4, 0.5) is 11.6 Å². The molecule has 5 aromatic rings. The van der Waals surface area contributed by atoms with Crippen LogP contribution in [0.5, 0.6) is 0 Å². The van der Waals surface area contributed by atoms with Crippen molar-refractivity contribution < 1.29 is 0 Å². The molecule has 0 aliphatic rings. The summed E-state index contributed by atoms with van der Waals surface area (Å²) in [6, 6.07) is 11.8. The molecule has 0 spiro atoms. The molecule has 5 heterocycles. The molecular weight excluding hydrogens is 412 g/mol. The number of anilines is 2. The largest absolute Gasteiger partial charge is 0.323 e. The molecule has 8 nitrogen and oxygen atoms in total. The summed E-state index contributed by atoms with van der Waals surface area (Å²) in [6.45, 7) is 7.11. The Hall–Kier alpha value is -4.20. The molecule has 0 saturated heterocycles. The van der Waals surface area contributed by atoms with Gasteiger partial charge in [0.05, 0.1) is 17.2 Å². The van der Waals surface area contributed by atoms with Crippen LogP contribution in [0.25, 0.3) is 33.4 Å². The minimum absolute atomic E-state index is 0.371. The summed E-state index contributed by atoms with van der Waals surface area (Å²) in [5.41, 5.74) is 6.60. The smallest absolute Gasteiger partial charge is 0.154 e. The Kier molecular flexibility index (Phi) is 5.48. The molecule has 0 saturated carbocycles. The highest BCUT2D eigenvalue weighted by Crippen LogP contribution is 2.32. The molecule has 0 aliphatic carbocycles. The van der Waals surface area contributed by atoms with Crippen molar-refractivity contribution in [3.8, 4) is 22.4 Å². The Balaban J connectivity index is 1.53. The molecule has 5 rings (SSSR count). The molecule has 33 heavy (non-hydrogen) atoms. The number of nitrogens with zero attached hydrogens (tertiary/aromatic N) is 7. The van der Waals surface area contributed by atoms with E-state index in [9.17, 15) is 0 Å². The van der Waals surface area contributed by atoms with Gasteiger partial charge >= 0.3 is 0 Å². The molecule has 0 fully saturated rings. The quantitative estimate of drug-likeness (QED) is 0.389. The molecule has 0 amide bonds. The topological polar surface area (TPSA) is 94.3 Å². The van der Waals surface area contributed by atoms with Crippen LogP contribution in [0.2, 0.25) is 0 Å². The number of hydrogen-bond acceptors (Lipinski definition) is 7. The number of hydrogen-bond donors (Lipinski definition) is 1. The van der Waals surface area contributed by atoms with Crippen LogP contribution in [-0.2, 0) is 6.54 Å². The third-order valence-corrected chi connectivity index (χ3v) is 5.49. The lowest BCUT2D eigenvalue weighted by molar-refractivity contribution is 0.662. The fraction of sp³-hybridized carbons (Fsp3) is 0.200. The first-order valence-electron chi connectivity index (χ1n) is 11.0. The highest BCUT2D eigenvalue weighted by molar-refractivity contribution is 5.86. The van der Waals surface area contributed by atoms with Crippen LogP contribution in [0, 0.1) is 0 Å². The van der Waals surface area contributed by atoms with Crippen molar-refractivity contribution in [3.05, 3.63) is 72.9 Å². The summed E-state index contributed by atoms with van der Waals surface area (Å²) in [4.78, 5) is 13.6. The van der Waals surface area contributed by atoms with Gasteiger partial charge in [-0.3, -0.25) is 14.6 Å². The SMILES string of the molecule is CCn1cc(-c2cnc3ccc(Nc4cc(C(C)C)cnn4)nc3c2)c(-c2ccncc2)n1. The van der Waals surface area contributed by atoms with Crippen LogP contribution in [0.15, 0.2) is 67.4 Å². The number of nitrogens with one attached hydrogen (secondary N) is 1. The van der Waals surface area contributed by atoms with Gasteiger partial charge in [-0.25, -0.2) is 4.98 Å². The summed E-state index contributed by atoms with van der Waals surface area (Å²) in [5, 5.41) is 16.3. The zero-order chi connectivity index (χ0) is 22.8. The highest BCUT2D eigenvalue weighted by atomic mass is 15.3. The van der Waals surface area contributed by atoms with Crippen LogP contribution < -0.4 is 5.32 Å². The van der Waals surface area contributed by atoms with Crippen LogP contribution in [0.1, 0.15) is 32.3 Å². The molecule has 0 unspecified atom stereocenters. The van der Waals surface area contributed by atoms with Gasteiger partial charge in [0.2, 0.25) is 0 Å². The van der Waals surface area contributed by atoms with Gasteiger partial charge in [0.1, 0.15) is 11.5 Å². The van der Waals surface area contributed by atoms with E-state index in [2.05, 4.69) is 46.3 Å². The molecule has 0 aromatic carbocycles. The fourth-order valence-electron chi connectivity index (χ4n) is 3.63. The van der Waals surface area contributed by atoms with Gasteiger partial charge in [0.15, 0.2) is 5.82 Å². The zero-order valence-electron chi connectivity index (χ0n) is 18.8. The molecule has 0 radical (unpaired) electrons. The van der Waals surface area contributed by atoms with E-state index in [1.807, 2.05) is 53.5 Å². The summed E-state index contributed by atoms with van der Waals surface area (Å²) >= 11 is 0. The van der Waals surface area contributed by atoms with E-state index in [-0.39, 0.29) is 0 Å². The van der Waals surface area contributed by atoms with Gasteiger partial charge < -0.3 is 5.32 Å². The molecule has 8 heteroatoms. The Morgan fingerprint density at radius 3 is 2.58 bits per heavy atom. The Morgan fingerprint density at radius 2 is 1.79 bits per heavy atom. The van der Waals surface area contributed by atoms with Gasteiger partial charge in [-0.1, -0.05) is 13.8 Å². The lowest BCUT2D eigenvalue weighted by Gasteiger charge is -2.09. The second kappa shape index (κ2) is 8.74. The minimum atomic E-state index is 0.371. The van der Waals surface area contributed by atoms with Crippen molar-refractivity contribution in [2.75, 3.05) is 5.32 Å². The lowest BCUT2D eigenvalue weighted by atomic mass is 10.0. The summed E-state index contributed by atoms with van der Waals surface area (Å²) in [7, 11) is 0. The normalized spacial score (nSPS) is 11.3. The number of fused-ring (bicyclic) bond motifs is 1. The number of rotatable bonds is 6. The molecule has 0 bridgehead atoms. The van der Waals surface area contributed by atoms with Gasteiger partial charge in [0.25, 0.3) is 0 Å². The summed E-state index contributed by atoms with van der Waals surface area (Å²) < 4.78 is 1.93. The average Bonchev–Trinajstić information content (AvgIpc) is 3.29. The van der Waals surface area contributed by atoms with E-state index >= 15 is 0 Å². The van der Waals surface area contributed by atoms with Gasteiger partial charge in [-0.15, -0.1) is 5.10 Å². The Bertz CT molecular complexity index is 1410. The third-order valence-electron chi connectivity index (χ3n) is 5.49. The van der Waals surface area contributed by atoms with Gasteiger partial charge in [-0.2, -0.15) is 10.2 Å². The maximum Gasteiger partial charge on any atom is 0.154 e. The van der Waals surface area contributed by atoms with Crippen molar-refractivity contribution in [2.45, 2.75) is 33.2 Å². The van der Waals surface area contributed by atoms with Crippen molar-refractivity contribution in [1.82, 2.24) is 34.9 Å². The first-order chi connectivity index (χ1) is 16.1. The standard InChI is InChI=1S/C25H24N8/c1-4-33-15-20(25(32-33)17-7-9-26-10-8-17)19-11-22-21(27-13-19)5-6-23(29-22)30-24-12-18(16(2)3)14-28-31-24/h5-16H,4H2,1-3H3,(H,29,30,31). The first-order valence-corrected chi connectivity index (χ1v) is 11.0. The van der Waals surface area contributed by atoms with Crippen molar-refractivity contribution >= 4 is 22.7 Å². The van der Waals surface area contributed by atoms with E-state index in [0.717, 1.165) is 45.5 Å². The van der Waals surface area contributed by atoms with E-state index in [1.54, 1.807) is 18.6 Å². The maximum atomic E-state index is 4.78. The summed E-state index contributed by atoms with van der Waals surface area (Å²) in [5.74, 6) is 1.73. The van der Waals surface area contributed by atoms with E-state index in [4.69, 9.17) is 10.1 Å². The number of aryl methyl sites for hydroxylation is 1. The highest BCUT2D eigenvalue weighted by Gasteiger charge is 2.14. The molecule has 1 N–H and O–H groups in total. The summed E-state index contributed by atoms with van der Waals surface area (Å²) in [6.07, 6.45) is 9.26. The number of aromatic nitrogens is 7. The molecule has 5 aromatic heterocycles. The van der Waals surface area contributed by atoms with Crippen LogP contribution in [0.3, 0.4) is 0 Å². The second-order valence-corrected chi connectivity index (χ2v) is 8.10. The van der Waals surface area contributed by atoms with E-state index in [1.165, 1.54) is 0 Å². The molecule has 0 atom stereocenters. The van der Waals surface area contributed by atoms with Crippen molar-refractivity contribution in [2.24, 2.45) is 0 Å². The van der Waals surface area contributed by atoms with Crippen LogP contribution >= 0.6 is 0 Å². The second-order valence-electron chi connectivity index (χ2n) is 8.10. The van der Waals surface area contributed by atoms with Gasteiger partial charge in [0, 0.05) is 48.0 Å². The number of pyridine rings is 3. The van der Waals surface area contributed by atoms with Crippen molar-refractivity contribution in [1.29, 1.82) is 0 Å². The zero-order valence-corrected chi connectivity index (χ0v) is 18.8. The fourth-order valence-corrected chi connectivity index (χ4v) is 3.63.